The highest BCUT2D eigenvalue weighted by molar-refractivity contribution is 9.10. The molecule has 1 aliphatic carbocycles. The first-order valence-electron chi connectivity index (χ1n) is 7.27. The van der Waals surface area contributed by atoms with Gasteiger partial charge in [-0.2, -0.15) is 0 Å². The quantitative estimate of drug-likeness (QED) is 0.866. The molecule has 0 heterocycles. The third-order valence-corrected chi connectivity index (χ3v) is 4.27. The number of rotatable bonds is 5. The van der Waals surface area contributed by atoms with Crippen LogP contribution in [0.15, 0.2) is 53.0 Å². The Bertz CT molecular complexity index is 615. The van der Waals surface area contributed by atoms with Crippen molar-refractivity contribution in [2.24, 2.45) is 0 Å². The Morgan fingerprint density at radius 1 is 1.19 bits per heavy atom. The highest BCUT2D eigenvalue weighted by atomic mass is 79.9. The summed E-state index contributed by atoms with van der Waals surface area (Å²) in [5.41, 5.74) is 1.09. The summed E-state index contributed by atoms with van der Waals surface area (Å²) in [5, 5.41) is 10.8. The third-order valence-electron chi connectivity index (χ3n) is 3.74. The Balaban J connectivity index is 1.77. The molecule has 1 atom stereocenters. The summed E-state index contributed by atoms with van der Waals surface area (Å²) >= 11 is 3.43. The molecular weight excluding hydrogens is 328 g/mol. The zero-order valence-corrected chi connectivity index (χ0v) is 13.6. The molecule has 0 bridgehead atoms. The molecule has 2 aromatic carbocycles. The van der Waals surface area contributed by atoms with Crippen molar-refractivity contribution in [1.82, 2.24) is 0 Å². The van der Waals surface area contributed by atoms with Crippen molar-refractivity contribution in [2.45, 2.75) is 37.9 Å². The molecule has 2 nitrogen and oxygen atoms in total. The lowest BCUT2D eigenvalue weighted by atomic mass is 9.89. The summed E-state index contributed by atoms with van der Waals surface area (Å²) in [6.45, 7) is 1.85. The number of benzene rings is 2. The van der Waals surface area contributed by atoms with Crippen LogP contribution in [0.4, 0.5) is 0 Å². The zero-order chi connectivity index (χ0) is 14.9. The van der Waals surface area contributed by atoms with Crippen molar-refractivity contribution in [2.75, 3.05) is 0 Å². The van der Waals surface area contributed by atoms with E-state index in [4.69, 9.17) is 4.74 Å². The molecule has 0 radical (unpaired) electrons. The molecule has 0 aliphatic heterocycles. The first kappa shape index (κ1) is 14.6. The van der Waals surface area contributed by atoms with Gasteiger partial charge >= 0.3 is 0 Å². The normalized spacial score (nSPS) is 17.3. The van der Waals surface area contributed by atoms with Gasteiger partial charge in [0, 0.05) is 10.9 Å². The van der Waals surface area contributed by atoms with E-state index in [1.165, 1.54) is 0 Å². The smallest absolute Gasteiger partial charge is 0.120 e. The molecule has 1 aliphatic rings. The van der Waals surface area contributed by atoms with E-state index < -0.39 is 5.60 Å². The van der Waals surface area contributed by atoms with Crippen molar-refractivity contribution in [3.8, 4) is 5.75 Å². The molecule has 1 saturated carbocycles. The lowest BCUT2D eigenvalue weighted by Crippen LogP contribution is -2.24. The summed E-state index contributed by atoms with van der Waals surface area (Å²) in [4.78, 5) is 0. The highest BCUT2D eigenvalue weighted by Crippen LogP contribution is 2.31. The van der Waals surface area contributed by atoms with Crippen LogP contribution in [-0.2, 0) is 12.0 Å². The average Bonchev–Trinajstić information content (AvgIpc) is 3.25. The fourth-order valence-electron chi connectivity index (χ4n) is 2.38. The largest absolute Gasteiger partial charge is 0.490 e. The monoisotopic (exact) mass is 346 g/mol. The van der Waals surface area contributed by atoms with Crippen molar-refractivity contribution in [1.29, 1.82) is 0 Å². The lowest BCUT2D eigenvalue weighted by molar-refractivity contribution is 0.0573. The van der Waals surface area contributed by atoms with Crippen molar-refractivity contribution < 1.29 is 9.84 Å². The number of ether oxygens (including phenoxy) is 1. The van der Waals surface area contributed by atoms with Crippen LogP contribution in [0.25, 0.3) is 0 Å². The van der Waals surface area contributed by atoms with Crippen LogP contribution in [0.3, 0.4) is 0 Å². The van der Waals surface area contributed by atoms with Gasteiger partial charge in [0.15, 0.2) is 0 Å². The van der Waals surface area contributed by atoms with Gasteiger partial charge in [0.05, 0.1) is 11.7 Å². The van der Waals surface area contributed by atoms with Crippen LogP contribution < -0.4 is 4.74 Å². The van der Waals surface area contributed by atoms with Crippen LogP contribution in [0.1, 0.15) is 30.9 Å². The lowest BCUT2D eigenvalue weighted by Gasteiger charge is -2.24. The molecule has 110 valence electrons. The van der Waals surface area contributed by atoms with Crippen LogP contribution in [0.2, 0.25) is 0 Å². The molecule has 1 unspecified atom stereocenters. The Labute approximate surface area is 133 Å². The second-order valence-corrected chi connectivity index (χ2v) is 6.84. The summed E-state index contributed by atoms with van der Waals surface area (Å²) in [5.74, 6) is 0.853. The van der Waals surface area contributed by atoms with E-state index in [0.717, 1.165) is 34.2 Å². The minimum absolute atomic E-state index is 0.372. The SMILES string of the molecule is CC(O)(Cc1ccc(Br)cc1)c1cccc(OC2CC2)c1. The Morgan fingerprint density at radius 3 is 2.57 bits per heavy atom. The average molecular weight is 347 g/mol. The maximum absolute atomic E-state index is 10.8. The Morgan fingerprint density at radius 2 is 1.90 bits per heavy atom. The second kappa shape index (κ2) is 5.82. The van der Waals surface area contributed by atoms with Gasteiger partial charge in [-0.1, -0.05) is 40.2 Å². The fraction of sp³-hybridized carbons (Fsp3) is 0.333. The van der Waals surface area contributed by atoms with Crippen LogP contribution >= 0.6 is 15.9 Å². The molecule has 21 heavy (non-hydrogen) atoms. The minimum atomic E-state index is -0.906. The fourth-order valence-corrected chi connectivity index (χ4v) is 2.65. The molecule has 0 amide bonds. The predicted octanol–water partition coefficient (Wildman–Crippen LogP) is 4.44. The van der Waals surface area contributed by atoms with Gasteiger partial charge in [0.25, 0.3) is 0 Å². The standard InChI is InChI=1S/C18H19BrO2/c1-18(20,12-13-5-7-15(19)8-6-13)14-3-2-4-17(11-14)21-16-9-10-16/h2-8,11,16,20H,9-10,12H2,1H3. The maximum atomic E-state index is 10.8. The topological polar surface area (TPSA) is 29.5 Å². The molecule has 0 spiro atoms. The molecule has 0 aromatic heterocycles. The van der Waals surface area contributed by atoms with Crippen LogP contribution in [0, 0.1) is 0 Å². The third kappa shape index (κ3) is 3.86. The number of hydrogen-bond acceptors (Lipinski definition) is 2. The molecule has 0 saturated heterocycles. The van der Waals surface area contributed by atoms with Gasteiger partial charge in [-0.25, -0.2) is 0 Å². The summed E-state index contributed by atoms with van der Waals surface area (Å²) in [7, 11) is 0. The predicted molar refractivity (Wildman–Crippen MR) is 87.5 cm³/mol. The van der Waals surface area contributed by atoms with Gasteiger partial charge < -0.3 is 9.84 Å². The van der Waals surface area contributed by atoms with E-state index >= 15 is 0 Å². The highest BCUT2D eigenvalue weighted by Gasteiger charge is 2.26. The number of aliphatic hydroxyl groups is 1. The van der Waals surface area contributed by atoms with Crippen molar-refractivity contribution in [3.05, 3.63) is 64.1 Å². The van der Waals surface area contributed by atoms with Gasteiger partial charge in [0.2, 0.25) is 0 Å². The van der Waals surface area contributed by atoms with E-state index in [-0.39, 0.29) is 0 Å². The van der Waals surface area contributed by atoms with Crippen molar-refractivity contribution in [3.63, 3.8) is 0 Å². The molecule has 1 fully saturated rings. The minimum Gasteiger partial charge on any atom is -0.490 e. The summed E-state index contributed by atoms with van der Waals surface area (Å²) in [6, 6.07) is 15.9. The summed E-state index contributed by atoms with van der Waals surface area (Å²) < 4.78 is 6.86. The second-order valence-electron chi connectivity index (χ2n) is 5.92. The molecule has 3 rings (SSSR count). The summed E-state index contributed by atoms with van der Waals surface area (Å²) in [6.07, 6.45) is 3.23. The van der Waals surface area contributed by atoms with Crippen LogP contribution in [-0.4, -0.2) is 11.2 Å². The molecular formula is C18H19BrO2. The van der Waals surface area contributed by atoms with Gasteiger partial charge in [-0.3, -0.25) is 0 Å². The first-order valence-corrected chi connectivity index (χ1v) is 8.06. The van der Waals surface area contributed by atoms with Gasteiger partial charge in [-0.05, 0) is 55.2 Å². The van der Waals surface area contributed by atoms with E-state index in [1.807, 2.05) is 55.5 Å². The Kier molecular flexibility index (Phi) is 4.05. The molecule has 1 N–H and O–H groups in total. The van der Waals surface area contributed by atoms with E-state index in [9.17, 15) is 5.11 Å². The Hall–Kier alpha value is -1.32. The first-order chi connectivity index (χ1) is 10.0. The zero-order valence-electron chi connectivity index (χ0n) is 12.1. The van der Waals surface area contributed by atoms with E-state index in [1.54, 1.807) is 0 Å². The molecule has 3 heteroatoms. The van der Waals surface area contributed by atoms with Crippen molar-refractivity contribution >= 4 is 15.9 Å². The van der Waals surface area contributed by atoms with Gasteiger partial charge in [-0.15, -0.1) is 0 Å². The van der Waals surface area contributed by atoms with Gasteiger partial charge in [0.1, 0.15) is 5.75 Å². The molecule has 2 aromatic rings. The number of halogens is 1. The number of hydrogen-bond donors (Lipinski definition) is 1. The van der Waals surface area contributed by atoms with E-state index in [0.29, 0.717) is 12.5 Å². The van der Waals surface area contributed by atoms with E-state index in [2.05, 4.69) is 15.9 Å². The van der Waals surface area contributed by atoms with Crippen LogP contribution in [0.5, 0.6) is 5.75 Å². The maximum Gasteiger partial charge on any atom is 0.120 e.